The molecule has 1 aliphatic rings. The van der Waals surface area contributed by atoms with Gasteiger partial charge in [-0.3, -0.25) is 0 Å². The quantitative estimate of drug-likeness (QED) is 0.664. The first kappa shape index (κ1) is 13.9. The van der Waals surface area contributed by atoms with Crippen LogP contribution in [0.15, 0.2) is 6.33 Å². The van der Waals surface area contributed by atoms with Gasteiger partial charge < -0.3 is 20.1 Å². The second kappa shape index (κ2) is 7.13. The summed E-state index contributed by atoms with van der Waals surface area (Å²) < 4.78 is 10.9. The highest BCUT2D eigenvalue weighted by atomic mass is 16.5. The van der Waals surface area contributed by atoms with Gasteiger partial charge in [-0.15, -0.1) is 0 Å². The van der Waals surface area contributed by atoms with Crippen LogP contribution in [0.3, 0.4) is 0 Å². The van der Waals surface area contributed by atoms with Gasteiger partial charge in [-0.1, -0.05) is 0 Å². The molecule has 2 rings (SSSR count). The van der Waals surface area contributed by atoms with Crippen LogP contribution in [0.1, 0.15) is 19.8 Å². The first-order valence-corrected chi connectivity index (χ1v) is 6.79. The van der Waals surface area contributed by atoms with E-state index in [1.54, 1.807) is 7.11 Å². The molecule has 6 nitrogen and oxygen atoms in total. The van der Waals surface area contributed by atoms with E-state index in [4.69, 9.17) is 9.47 Å². The minimum atomic E-state index is 0.645. The molecule has 6 heteroatoms. The summed E-state index contributed by atoms with van der Waals surface area (Å²) in [6.45, 7) is 5.08. The van der Waals surface area contributed by atoms with Gasteiger partial charge in [0, 0.05) is 19.7 Å². The number of ether oxygens (including phenoxy) is 2. The maximum atomic E-state index is 5.57. The molecule has 1 fully saturated rings. The molecular weight excluding hydrogens is 244 g/mol. The van der Waals surface area contributed by atoms with Crippen molar-refractivity contribution >= 4 is 11.6 Å². The average Bonchev–Trinajstić information content (AvgIpc) is 3.23. The molecule has 0 unspecified atom stereocenters. The lowest BCUT2D eigenvalue weighted by Crippen LogP contribution is -2.13. The number of methoxy groups -OCH3 is 1. The Morgan fingerprint density at radius 3 is 2.63 bits per heavy atom. The second-order valence-electron chi connectivity index (χ2n) is 4.58. The summed E-state index contributed by atoms with van der Waals surface area (Å²) >= 11 is 0. The van der Waals surface area contributed by atoms with Crippen molar-refractivity contribution in [2.24, 2.45) is 5.92 Å². The number of rotatable bonds is 9. The van der Waals surface area contributed by atoms with E-state index in [-0.39, 0.29) is 0 Å². The summed E-state index contributed by atoms with van der Waals surface area (Å²) in [5.41, 5.74) is 0. The zero-order valence-corrected chi connectivity index (χ0v) is 11.6. The van der Waals surface area contributed by atoms with Gasteiger partial charge in [0.15, 0.2) is 11.6 Å². The minimum absolute atomic E-state index is 0.645. The second-order valence-corrected chi connectivity index (χ2v) is 4.58. The number of nitrogens with zero attached hydrogens (tertiary/aromatic N) is 2. The fraction of sp³-hybridized carbons (Fsp3) is 0.692. The van der Waals surface area contributed by atoms with Crippen LogP contribution in [0.25, 0.3) is 0 Å². The molecule has 0 saturated heterocycles. The Labute approximate surface area is 113 Å². The third-order valence-corrected chi connectivity index (χ3v) is 2.94. The molecule has 1 heterocycles. The van der Waals surface area contributed by atoms with E-state index in [0.29, 0.717) is 30.5 Å². The SMILES string of the molecule is CCNc1ncnc(NCCOCC2CC2)c1OC. The molecule has 0 aliphatic heterocycles. The van der Waals surface area contributed by atoms with Crippen molar-refractivity contribution in [1.29, 1.82) is 0 Å². The van der Waals surface area contributed by atoms with Gasteiger partial charge in [-0.2, -0.15) is 0 Å². The topological polar surface area (TPSA) is 68.3 Å². The lowest BCUT2D eigenvalue weighted by Gasteiger charge is -2.13. The van der Waals surface area contributed by atoms with Crippen LogP contribution >= 0.6 is 0 Å². The lowest BCUT2D eigenvalue weighted by atomic mass is 10.4. The van der Waals surface area contributed by atoms with Crippen molar-refractivity contribution in [3.05, 3.63) is 6.33 Å². The summed E-state index contributed by atoms with van der Waals surface area (Å²) in [6.07, 6.45) is 4.16. The highest BCUT2D eigenvalue weighted by Crippen LogP contribution is 2.29. The Hall–Kier alpha value is -1.56. The predicted molar refractivity (Wildman–Crippen MR) is 74.8 cm³/mol. The van der Waals surface area contributed by atoms with Crippen LogP contribution in [0.2, 0.25) is 0 Å². The fourth-order valence-corrected chi connectivity index (χ4v) is 1.76. The molecule has 0 atom stereocenters. The molecule has 106 valence electrons. The highest BCUT2D eigenvalue weighted by Gasteiger charge is 2.20. The molecule has 0 amide bonds. The van der Waals surface area contributed by atoms with Gasteiger partial charge in [0.1, 0.15) is 6.33 Å². The molecule has 0 aromatic carbocycles. The Balaban J connectivity index is 1.81. The normalized spacial score (nSPS) is 14.2. The van der Waals surface area contributed by atoms with E-state index in [0.717, 1.165) is 19.1 Å². The fourth-order valence-electron chi connectivity index (χ4n) is 1.76. The maximum Gasteiger partial charge on any atom is 0.204 e. The average molecular weight is 266 g/mol. The van der Waals surface area contributed by atoms with E-state index in [1.165, 1.54) is 19.2 Å². The molecule has 1 aromatic rings. The van der Waals surface area contributed by atoms with Crippen molar-refractivity contribution < 1.29 is 9.47 Å². The molecule has 0 spiro atoms. The van der Waals surface area contributed by atoms with Gasteiger partial charge in [-0.25, -0.2) is 9.97 Å². The van der Waals surface area contributed by atoms with Crippen LogP contribution in [0, 0.1) is 5.92 Å². The van der Waals surface area contributed by atoms with Gasteiger partial charge in [-0.05, 0) is 25.7 Å². The summed E-state index contributed by atoms with van der Waals surface area (Å²) in [7, 11) is 1.62. The number of hydrogen-bond acceptors (Lipinski definition) is 6. The van der Waals surface area contributed by atoms with Crippen LogP contribution in [-0.2, 0) is 4.74 Å². The molecule has 1 saturated carbocycles. The van der Waals surface area contributed by atoms with E-state index in [2.05, 4.69) is 20.6 Å². The minimum Gasteiger partial charge on any atom is -0.490 e. The van der Waals surface area contributed by atoms with Crippen molar-refractivity contribution in [1.82, 2.24) is 9.97 Å². The molecule has 2 N–H and O–H groups in total. The molecule has 0 radical (unpaired) electrons. The number of anilines is 2. The first-order chi connectivity index (χ1) is 9.35. The lowest BCUT2D eigenvalue weighted by molar-refractivity contribution is 0.134. The zero-order valence-electron chi connectivity index (χ0n) is 11.6. The van der Waals surface area contributed by atoms with Gasteiger partial charge >= 0.3 is 0 Å². The van der Waals surface area contributed by atoms with Crippen molar-refractivity contribution in [2.75, 3.05) is 44.0 Å². The predicted octanol–water partition coefficient (Wildman–Crippen LogP) is 1.76. The zero-order chi connectivity index (χ0) is 13.5. The summed E-state index contributed by atoms with van der Waals surface area (Å²) in [4.78, 5) is 8.35. The Bertz CT molecular complexity index is 396. The molecule has 19 heavy (non-hydrogen) atoms. The highest BCUT2D eigenvalue weighted by molar-refractivity contribution is 5.63. The summed E-state index contributed by atoms with van der Waals surface area (Å²) in [5.74, 6) is 2.85. The monoisotopic (exact) mass is 266 g/mol. The molecule has 1 aromatic heterocycles. The number of hydrogen-bond donors (Lipinski definition) is 2. The maximum absolute atomic E-state index is 5.57. The molecule has 0 bridgehead atoms. The van der Waals surface area contributed by atoms with Crippen molar-refractivity contribution in [3.8, 4) is 5.75 Å². The largest absolute Gasteiger partial charge is 0.490 e. The van der Waals surface area contributed by atoms with E-state index in [9.17, 15) is 0 Å². The van der Waals surface area contributed by atoms with Gasteiger partial charge in [0.25, 0.3) is 0 Å². The smallest absolute Gasteiger partial charge is 0.204 e. The van der Waals surface area contributed by atoms with Gasteiger partial charge in [0.05, 0.1) is 13.7 Å². The first-order valence-electron chi connectivity index (χ1n) is 6.79. The Kier molecular flexibility index (Phi) is 5.20. The van der Waals surface area contributed by atoms with Crippen LogP contribution < -0.4 is 15.4 Å². The summed E-state index contributed by atoms with van der Waals surface area (Å²) in [5, 5.41) is 6.36. The van der Waals surface area contributed by atoms with Crippen LogP contribution in [0.5, 0.6) is 5.75 Å². The van der Waals surface area contributed by atoms with E-state index < -0.39 is 0 Å². The van der Waals surface area contributed by atoms with Crippen LogP contribution in [-0.4, -0.2) is 43.4 Å². The summed E-state index contributed by atoms with van der Waals surface area (Å²) in [6, 6.07) is 0. The Morgan fingerprint density at radius 2 is 2.00 bits per heavy atom. The van der Waals surface area contributed by atoms with E-state index >= 15 is 0 Å². The van der Waals surface area contributed by atoms with E-state index in [1.807, 2.05) is 6.92 Å². The third kappa shape index (κ3) is 4.24. The number of aromatic nitrogens is 2. The van der Waals surface area contributed by atoms with Gasteiger partial charge in [0.2, 0.25) is 5.75 Å². The third-order valence-electron chi connectivity index (χ3n) is 2.94. The number of nitrogens with one attached hydrogen (secondary N) is 2. The van der Waals surface area contributed by atoms with Crippen LogP contribution in [0.4, 0.5) is 11.6 Å². The van der Waals surface area contributed by atoms with Crippen molar-refractivity contribution in [3.63, 3.8) is 0 Å². The standard InChI is InChI=1S/C13H22N4O2/c1-3-14-12-11(18-2)13(17-9-16-12)15-6-7-19-8-10-4-5-10/h9-10H,3-8H2,1-2H3,(H2,14,15,16,17). The molecular formula is C13H22N4O2. The molecule has 1 aliphatic carbocycles. The van der Waals surface area contributed by atoms with Crippen molar-refractivity contribution in [2.45, 2.75) is 19.8 Å². The Morgan fingerprint density at radius 1 is 1.26 bits per heavy atom.